The van der Waals surface area contributed by atoms with Gasteiger partial charge in [0.2, 0.25) is 0 Å². The van der Waals surface area contributed by atoms with Gasteiger partial charge >= 0.3 is 5.97 Å². The molecule has 3 aromatic rings. The highest BCUT2D eigenvalue weighted by molar-refractivity contribution is 6.31. The van der Waals surface area contributed by atoms with Gasteiger partial charge in [0.1, 0.15) is 0 Å². The van der Waals surface area contributed by atoms with Gasteiger partial charge in [0, 0.05) is 16.3 Å². The summed E-state index contributed by atoms with van der Waals surface area (Å²) in [5.74, 6) is -1.99. The number of carbonyl (C=O) groups excluding carboxylic acids is 1. The SMILES string of the molecule is O=C(O)c1ccccc1-c1ccccc1C(=O)Nc1cc(Cl)ccc1[O-]. The third-order valence-electron chi connectivity index (χ3n) is 3.81. The Labute approximate surface area is 154 Å². The standard InChI is InChI=1S/C20H14ClNO4/c21-12-9-10-18(23)17(11-12)22-19(24)15-7-3-1-5-13(15)14-6-2-4-8-16(14)20(25)26/h1-11,23H,(H,22,24)(H,25,26)/p-1. The molecule has 0 aromatic heterocycles. The number of carboxylic acids is 1. The van der Waals surface area contributed by atoms with Gasteiger partial charge in [-0.3, -0.25) is 4.79 Å². The van der Waals surface area contributed by atoms with E-state index in [1.165, 1.54) is 24.3 Å². The van der Waals surface area contributed by atoms with Crippen molar-refractivity contribution in [2.24, 2.45) is 0 Å². The molecular formula is C20H13ClNO4-. The minimum atomic E-state index is -1.09. The highest BCUT2D eigenvalue weighted by Gasteiger charge is 2.17. The van der Waals surface area contributed by atoms with Crippen LogP contribution in [0.5, 0.6) is 5.75 Å². The van der Waals surface area contributed by atoms with Crippen molar-refractivity contribution in [3.05, 3.63) is 82.9 Å². The van der Waals surface area contributed by atoms with Crippen LogP contribution in [0.1, 0.15) is 20.7 Å². The molecular weight excluding hydrogens is 354 g/mol. The maximum absolute atomic E-state index is 12.7. The summed E-state index contributed by atoms with van der Waals surface area (Å²) in [7, 11) is 0. The molecule has 1 amide bonds. The third-order valence-corrected chi connectivity index (χ3v) is 4.04. The maximum Gasteiger partial charge on any atom is 0.336 e. The molecule has 6 heteroatoms. The minimum absolute atomic E-state index is 0.0591. The van der Waals surface area contributed by atoms with Crippen molar-refractivity contribution in [3.63, 3.8) is 0 Å². The molecule has 0 aliphatic heterocycles. The van der Waals surface area contributed by atoms with E-state index in [0.717, 1.165) is 0 Å². The number of nitrogens with one attached hydrogen (secondary N) is 1. The second-order valence-corrected chi connectivity index (χ2v) is 5.93. The van der Waals surface area contributed by atoms with Gasteiger partial charge < -0.3 is 15.5 Å². The van der Waals surface area contributed by atoms with Gasteiger partial charge in [-0.05, 0) is 35.4 Å². The summed E-state index contributed by atoms with van der Waals surface area (Å²) in [4.78, 5) is 24.2. The Morgan fingerprint density at radius 1 is 0.885 bits per heavy atom. The monoisotopic (exact) mass is 366 g/mol. The number of hydrogen-bond donors (Lipinski definition) is 2. The average molecular weight is 367 g/mol. The van der Waals surface area contributed by atoms with Crippen LogP contribution in [0, 0.1) is 0 Å². The van der Waals surface area contributed by atoms with Crippen molar-refractivity contribution in [1.82, 2.24) is 0 Å². The van der Waals surface area contributed by atoms with Crippen LogP contribution < -0.4 is 10.4 Å². The molecule has 2 N–H and O–H groups in total. The minimum Gasteiger partial charge on any atom is -0.871 e. The van der Waals surface area contributed by atoms with Crippen molar-refractivity contribution in [3.8, 4) is 16.9 Å². The predicted molar refractivity (Wildman–Crippen MR) is 97.7 cm³/mol. The molecule has 130 valence electrons. The van der Waals surface area contributed by atoms with Gasteiger partial charge in [-0.25, -0.2) is 4.79 Å². The van der Waals surface area contributed by atoms with E-state index in [9.17, 15) is 19.8 Å². The number of hydrogen-bond acceptors (Lipinski definition) is 3. The van der Waals surface area contributed by atoms with Crippen molar-refractivity contribution >= 4 is 29.2 Å². The van der Waals surface area contributed by atoms with Gasteiger partial charge in [-0.15, -0.1) is 0 Å². The van der Waals surface area contributed by atoms with Crippen molar-refractivity contribution < 1.29 is 19.8 Å². The number of aromatic carboxylic acids is 1. The van der Waals surface area contributed by atoms with E-state index in [-0.39, 0.29) is 22.6 Å². The molecule has 0 fully saturated rings. The Morgan fingerprint density at radius 2 is 1.46 bits per heavy atom. The highest BCUT2D eigenvalue weighted by atomic mass is 35.5. The summed E-state index contributed by atoms with van der Waals surface area (Å²) in [5.41, 5.74) is 1.26. The smallest absolute Gasteiger partial charge is 0.336 e. The summed E-state index contributed by atoms with van der Waals surface area (Å²) in [5, 5.41) is 24.2. The van der Waals surface area contributed by atoms with Crippen molar-refractivity contribution in [2.45, 2.75) is 0 Å². The second kappa shape index (κ2) is 7.29. The Bertz CT molecular complexity index is 1000. The molecule has 3 rings (SSSR count). The molecule has 0 saturated carbocycles. The molecule has 0 unspecified atom stereocenters. The van der Waals surface area contributed by atoms with E-state index in [0.29, 0.717) is 16.1 Å². The number of anilines is 1. The molecule has 0 atom stereocenters. The lowest BCUT2D eigenvalue weighted by atomic mass is 9.95. The first-order valence-corrected chi connectivity index (χ1v) is 8.05. The van der Waals surface area contributed by atoms with E-state index in [1.54, 1.807) is 42.5 Å². The molecule has 0 aliphatic carbocycles. The molecule has 0 heterocycles. The van der Waals surface area contributed by atoms with Gasteiger partial charge in [0.25, 0.3) is 5.91 Å². The first-order chi connectivity index (χ1) is 12.5. The fourth-order valence-electron chi connectivity index (χ4n) is 2.61. The fraction of sp³-hybridized carbons (Fsp3) is 0. The Kier molecular flexibility index (Phi) is 4.91. The van der Waals surface area contributed by atoms with Gasteiger partial charge in [-0.1, -0.05) is 59.8 Å². The lowest BCUT2D eigenvalue weighted by Crippen LogP contribution is -2.15. The highest BCUT2D eigenvalue weighted by Crippen LogP contribution is 2.29. The summed E-state index contributed by atoms with van der Waals surface area (Å²) >= 11 is 5.87. The quantitative estimate of drug-likeness (QED) is 0.729. The van der Waals surface area contributed by atoms with Crippen LogP contribution in [-0.4, -0.2) is 17.0 Å². The molecule has 0 saturated heterocycles. The predicted octanol–water partition coefficient (Wildman–Crippen LogP) is 4.03. The van der Waals surface area contributed by atoms with Gasteiger partial charge in [0.05, 0.1) is 5.56 Å². The molecule has 0 bridgehead atoms. The molecule has 0 radical (unpaired) electrons. The number of amides is 1. The lowest BCUT2D eigenvalue weighted by molar-refractivity contribution is -0.267. The summed E-state index contributed by atoms with van der Waals surface area (Å²) in [6.45, 7) is 0. The number of carboxylic acid groups (broad SMARTS) is 1. The molecule has 5 nitrogen and oxygen atoms in total. The van der Waals surface area contributed by atoms with E-state index in [2.05, 4.69) is 5.32 Å². The van der Waals surface area contributed by atoms with Crippen LogP contribution in [0.15, 0.2) is 66.7 Å². The molecule has 0 spiro atoms. The van der Waals surface area contributed by atoms with Gasteiger partial charge in [-0.2, -0.15) is 0 Å². The normalized spacial score (nSPS) is 10.3. The second-order valence-electron chi connectivity index (χ2n) is 5.49. The summed E-state index contributed by atoms with van der Waals surface area (Å²) in [6, 6.07) is 17.1. The van der Waals surface area contributed by atoms with Crippen LogP contribution in [-0.2, 0) is 0 Å². The number of halogens is 1. The molecule has 0 aliphatic rings. The molecule has 3 aromatic carbocycles. The average Bonchev–Trinajstić information content (AvgIpc) is 2.64. The summed E-state index contributed by atoms with van der Waals surface area (Å²) < 4.78 is 0. The Balaban J connectivity index is 2.04. The zero-order valence-electron chi connectivity index (χ0n) is 13.4. The van der Waals surface area contributed by atoms with Crippen LogP contribution in [0.2, 0.25) is 5.02 Å². The number of benzene rings is 3. The summed E-state index contributed by atoms with van der Waals surface area (Å²) in [6.07, 6.45) is 0. The van der Waals surface area contributed by atoms with Crippen molar-refractivity contribution in [2.75, 3.05) is 5.32 Å². The third kappa shape index (κ3) is 3.53. The largest absolute Gasteiger partial charge is 0.871 e. The maximum atomic E-state index is 12.7. The lowest BCUT2D eigenvalue weighted by Gasteiger charge is -2.16. The Hall–Kier alpha value is -3.31. The van der Waals surface area contributed by atoms with E-state index in [1.807, 2.05) is 0 Å². The van der Waals surface area contributed by atoms with Crippen LogP contribution in [0.3, 0.4) is 0 Å². The number of carbonyl (C=O) groups is 2. The first kappa shape index (κ1) is 17.5. The van der Waals surface area contributed by atoms with E-state index < -0.39 is 11.9 Å². The first-order valence-electron chi connectivity index (χ1n) is 7.67. The van der Waals surface area contributed by atoms with E-state index in [4.69, 9.17) is 11.6 Å². The molecule has 26 heavy (non-hydrogen) atoms. The fourth-order valence-corrected chi connectivity index (χ4v) is 2.78. The van der Waals surface area contributed by atoms with Crippen LogP contribution in [0.4, 0.5) is 5.69 Å². The van der Waals surface area contributed by atoms with E-state index >= 15 is 0 Å². The van der Waals surface area contributed by atoms with Gasteiger partial charge in [0.15, 0.2) is 0 Å². The Morgan fingerprint density at radius 3 is 2.12 bits per heavy atom. The zero-order chi connectivity index (χ0) is 18.7. The number of rotatable bonds is 4. The van der Waals surface area contributed by atoms with Crippen molar-refractivity contribution in [1.29, 1.82) is 0 Å². The topological polar surface area (TPSA) is 89.5 Å². The van der Waals surface area contributed by atoms with Crippen LogP contribution in [0.25, 0.3) is 11.1 Å². The zero-order valence-corrected chi connectivity index (χ0v) is 14.2. The van der Waals surface area contributed by atoms with Crippen LogP contribution >= 0.6 is 11.6 Å².